The summed E-state index contributed by atoms with van der Waals surface area (Å²) >= 11 is 1.15. The monoisotopic (exact) mass is 307 g/mol. The molecule has 1 aromatic carbocycles. The van der Waals surface area contributed by atoms with Crippen molar-refractivity contribution in [3.63, 3.8) is 0 Å². The molecule has 1 aromatic heterocycles. The average Bonchev–Trinajstić information content (AvgIpc) is 2.93. The second-order valence-electron chi connectivity index (χ2n) is 3.99. The Morgan fingerprint density at radius 2 is 2.14 bits per heavy atom. The summed E-state index contributed by atoms with van der Waals surface area (Å²) in [6.07, 6.45) is 0.301. The lowest BCUT2D eigenvalue weighted by atomic mass is 10.2. The van der Waals surface area contributed by atoms with Gasteiger partial charge in [-0.1, -0.05) is 17.9 Å². The maximum absolute atomic E-state index is 13.5. The van der Waals surface area contributed by atoms with Crippen LogP contribution in [0.15, 0.2) is 29.6 Å². The van der Waals surface area contributed by atoms with Gasteiger partial charge < -0.3 is 10.4 Å². The zero-order chi connectivity index (χ0) is 15.2. The summed E-state index contributed by atoms with van der Waals surface area (Å²) in [5, 5.41) is 12.7. The van der Waals surface area contributed by atoms with Crippen LogP contribution in [-0.4, -0.2) is 17.6 Å². The number of amides is 1. The minimum atomic E-state index is -1.10. The van der Waals surface area contributed by atoms with Crippen LogP contribution in [0.4, 0.5) is 14.5 Å². The molecule has 108 valence electrons. The first-order chi connectivity index (χ1) is 10.1. The van der Waals surface area contributed by atoms with Crippen LogP contribution in [0.5, 0.6) is 0 Å². The van der Waals surface area contributed by atoms with E-state index in [0.717, 1.165) is 17.4 Å². The summed E-state index contributed by atoms with van der Waals surface area (Å²) in [4.78, 5) is 12.4. The first kappa shape index (κ1) is 15.2. The van der Waals surface area contributed by atoms with E-state index in [4.69, 9.17) is 5.11 Å². The van der Waals surface area contributed by atoms with Crippen LogP contribution in [0, 0.1) is 23.5 Å². The summed E-state index contributed by atoms with van der Waals surface area (Å²) in [7, 11) is 0. The lowest BCUT2D eigenvalue weighted by Gasteiger charge is -2.05. The molecule has 21 heavy (non-hydrogen) atoms. The number of carbonyl (C=O) groups is 1. The summed E-state index contributed by atoms with van der Waals surface area (Å²) < 4.78 is 26.6. The van der Waals surface area contributed by atoms with Crippen LogP contribution in [0.1, 0.15) is 21.7 Å². The first-order valence-corrected chi connectivity index (χ1v) is 6.94. The molecule has 2 rings (SSSR count). The van der Waals surface area contributed by atoms with Crippen molar-refractivity contribution in [3.05, 3.63) is 51.7 Å². The van der Waals surface area contributed by atoms with Gasteiger partial charge in [0.15, 0.2) is 11.6 Å². The summed E-state index contributed by atoms with van der Waals surface area (Å²) in [5.41, 5.74) is 0.269. The predicted octanol–water partition coefficient (Wildman–Crippen LogP) is 3.01. The van der Waals surface area contributed by atoms with Gasteiger partial charge in [-0.3, -0.25) is 4.79 Å². The number of hydrogen-bond donors (Lipinski definition) is 2. The highest BCUT2D eigenvalue weighted by Crippen LogP contribution is 2.21. The molecule has 0 saturated heterocycles. The molecule has 0 atom stereocenters. The maximum atomic E-state index is 13.5. The van der Waals surface area contributed by atoms with E-state index in [1.165, 1.54) is 12.1 Å². The number of anilines is 1. The van der Waals surface area contributed by atoms with Crippen molar-refractivity contribution in [1.29, 1.82) is 0 Å². The molecule has 0 saturated carbocycles. The van der Waals surface area contributed by atoms with Crippen LogP contribution < -0.4 is 5.32 Å². The van der Waals surface area contributed by atoms with Crippen LogP contribution in [-0.2, 0) is 0 Å². The topological polar surface area (TPSA) is 49.3 Å². The van der Waals surface area contributed by atoms with Crippen LogP contribution in [0.25, 0.3) is 0 Å². The number of carbonyl (C=O) groups excluding carboxylic acids is 1. The van der Waals surface area contributed by atoms with Crippen molar-refractivity contribution in [1.82, 2.24) is 0 Å². The Hall–Kier alpha value is -2.23. The van der Waals surface area contributed by atoms with Gasteiger partial charge in [-0.25, -0.2) is 8.78 Å². The van der Waals surface area contributed by atoms with Crippen molar-refractivity contribution in [3.8, 4) is 11.8 Å². The number of benzene rings is 1. The standard InChI is InChI=1S/C15H11F2NO2S/c16-11-5-3-6-12(13(11)17)18-15(20)14-10(7-9-21-14)4-1-2-8-19/h3,5-7,9,19H,2,8H2,(H,18,20). The number of aliphatic hydroxyl groups excluding tert-OH is 1. The Morgan fingerprint density at radius 1 is 1.33 bits per heavy atom. The van der Waals surface area contributed by atoms with Crippen LogP contribution >= 0.6 is 11.3 Å². The normalized spacial score (nSPS) is 9.86. The predicted molar refractivity (Wildman–Crippen MR) is 77.2 cm³/mol. The number of aliphatic hydroxyl groups is 1. The third-order valence-electron chi connectivity index (χ3n) is 2.53. The molecule has 0 radical (unpaired) electrons. The second-order valence-corrected chi connectivity index (χ2v) is 4.91. The molecule has 0 aliphatic heterocycles. The van der Waals surface area contributed by atoms with E-state index in [2.05, 4.69) is 17.2 Å². The average molecular weight is 307 g/mol. The zero-order valence-electron chi connectivity index (χ0n) is 10.8. The van der Waals surface area contributed by atoms with E-state index in [9.17, 15) is 13.6 Å². The van der Waals surface area contributed by atoms with Crippen molar-refractivity contribution < 1.29 is 18.7 Å². The Kier molecular flexibility index (Phi) is 5.04. The molecule has 0 aliphatic rings. The number of nitrogens with one attached hydrogen (secondary N) is 1. The molecular formula is C15H11F2NO2S. The molecule has 0 spiro atoms. The highest BCUT2D eigenvalue weighted by Gasteiger charge is 2.15. The van der Waals surface area contributed by atoms with Crippen molar-refractivity contribution in [2.45, 2.75) is 6.42 Å². The zero-order valence-corrected chi connectivity index (χ0v) is 11.6. The second kappa shape index (κ2) is 6.97. The van der Waals surface area contributed by atoms with Crippen LogP contribution in [0.3, 0.4) is 0 Å². The SMILES string of the molecule is O=C(Nc1cccc(F)c1F)c1sccc1C#CCCO. The van der Waals surface area contributed by atoms with Gasteiger partial charge in [-0.15, -0.1) is 11.3 Å². The summed E-state index contributed by atoms with van der Waals surface area (Å²) in [6.45, 7) is -0.0623. The number of thiophene rings is 1. The molecule has 0 fully saturated rings. The van der Waals surface area contributed by atoms with Crippen molar-refractivity contribution >= 4 is 22.9 Å². The molecule has 3 nitrogen and oxygen atoms in total. The van der Waals surface area contributed by atoms with Gasteiger partial charge in [-0.2, -0.15) is 0 Å². The summed E-state index contributed by atoms with van der Waals surface area (Å²) in [5.74, 6) is 2.79. The molecule has 1 amide bonds. The number of rotatable bonds is 3. The van der Waals surface area contributed by atoms with E-state index < -0.39 is 17.5 Å². The molecule has 2 N–H and O–H groups in total. The Balaban J connectivity index is 2.20. The fourth-order valence-electron chi connectivity index (χ4n) is 1.58. The third kappa shape index (κ3) is 3.66. The third-order valence-corrected chi connectivity index (χ3v) is 3.44. The minimum Gasteiger partial charge on any atom is -0.395 e. The van der Waals surface area contributed by atoms with E-state index in [-0.39, 0.29) is 12.3 Å². The van der Waals surface area contributed by atoms with Gasteiger partial charge in [0.1, 0.15) is 4.88 Å². The molecule has 0 unspecified atom stereocenters. The van der Waals surface area contributed by atoms with E-state index in [1.54, 1.807) is 11.4 Å². The Labute approximate surface area is 124 Å². The molecular weight excluding hydrogens is 296 g/mol. The fourth-order valence-corrected chi connectivity index (χ4v) is 2.32. The van der Waals surface area contributed by atoms with E-state index in [0.29, 0.717) is 16.9 Å². The largest absolute Gasteiger partial charge is 0.395 e. The van der Waals surface area contributed by atoms with Gasteiger partial charge in [-0.05, 0) is 23.6 Å². The van der Waals surface area contributed by atoms with E-state index in [1.807, 2.05) is 0 Å². The number of hydrogen-bond acceptors (Lipinski definition) is 3. The van der Waals surface area contributed by atoms with Gasteiger partial charge in [0.2, 0.25) is 0 Å². The maximum Gasteiger partial charge on any atom is 0.267 e. The highest BCUT2D eigenvalue weighted by atomic mass is 32.1. The van der Waals surface area contributed by atoms with E-state index >= 15 is 0 Å². The molecule has 2 aromatic rings. The number of halogens is 2. The molecule has 1 heterocycles. The van der Waals surface area contributed by atoms with Gasteiger partial charge in [0, 0.05) is 12.0 Å². The van der Waals surface area contributed by atoms with Gasteiger partial charge in [0.05, 0.1) is 12.3 Å². The van der Waals surface area contributed by atoms with Gasteiger partial charge in [0.25, 0.3) is 5.91 Å². The van der Waals surface area contributed by atoms with Crippen molar-refractivity contribution in [2.24, 2.45) is 0 Å². The smallest absolute Gasteiger partial charge is 0.267 e. The first-order valence-electron chi connectivity index (χ1n) is 6.06. The lowest BCUT2D eigenvalue weighted by molar-refractivity contribution is 0.103. The molecule has 6 heteroatoms. The molecule has 0 bridgehead atoms. The van der Waals surface area contributed by atoms with Gasteiger partial charge >= 0.3 is 0 Å². The molecule has 0 aliphatic carbocycles. The van der Waals surface area contributed by atoms with Crippen molar-refractivity contribution in [2.75, 3.05) is 11.9 Å². The lowest BCUT2D eigenvalue weighted by Crippen LogP contribution is -2.13. The summed E-state index contributed by atoms with van der Waals surface area (Å²) in [6, 6.07) is 5.22. The minimum absolute atomic E-state index is 0.0623. The van der Waals surface area contributed by atoms with Crippen LogP contribution in [0.2, 0.25) is 0 Å². The Bertz CT molecular complexity index is 716. The quantitative estimate of drug-likeness (QED) is 0.856. The Morgan fingerprint density at radius 3 is 2.90 bits per heavy atom. The highest BCUT2D eigenvalue weighted by molar-refractivity contribution is 7.12. The fraction of sp³-hybridized carbons (Fsp3) is 0.133.